The molecule has 0 atom stereocenters. The second kappa shape index (κ2) is 8.85. The van der Waals surface area contributed by atoms with Crippen LogP contribution in [0, 0.1) is 0 Å². The molecule has 1 aromatic carbocycles. The maximum absolute atomic E-state index is 12.8. The lowest BCUT2D eigenvalue weighted by Gasteiger charge is -2.35. The van der Waals surface area contributed by atoms with E-state index in [9.17, 15) is 8.42 Å². The van der Waals surface area contributed by atoms with Crippen LogP contribution in [0.2, 0.25) is 5.02 Å². The summed E-state index contributed by atoms with van der Waals surface area (Å²) in [5, 5.41) is 0.605. The summed E-state index contributed by atoms with van der Waals surface area (Å²) in [6.07, 6.45) is 5.29. The number of hydrogen-bond donors (Lipinski definition) is 0. The van der Waals surface area contributed by atoms with Crippen LogP contribution in [0.1, 0.15) is 24.8 Å². The average Bonchev–Trinajstić information content (AvgIpc) is 2.76. The number of benzene rings is 1. The lowest BCUT2D eigenvalue weighted by atomic mass is 10.1. The van der Waals surface area contributed by atoms with Crippen molar-refractivity contribution in [3.05, 3.63) is 47.2 Å². The predicted molar refractivity (Wildman–Crippen MR) is 116 cm³/mol. The van der Waals surface area contributed by atoms with Crippen molar-refractivity contribution < 1.29 is 8.42 Å². The number of halogens is 1. The largest absolute Gasteiger partial charge is 0.356 e. The molecule has 0 saturated carbocycles. The maximum Gasteiger partial charge on any atom is 0.218 e. The minimum atomic E-state index is -3.36. The molecule has 0 N–H and O–H groups in total. The molecule has 2 aliphatic rings. The van der Waals surface area contributed by atoms with Crippen LogP contribution in [-0.4, -0.2) is 62.0 Å². The first-order valence-corrected chi connectivity index (χ1v) is 12.0. The molecular formula is C20H26ClN5O2S. The molecule has 4 rings (SSSR count). The van der Waals surface area contributed by atoms with E-state index in [2.05, 4.69) is 19.8 Å². The van der Waals surface area contributed by atoms with Crippen LogP contribution in [0.15, 0.2) is 36.7 Å². The SMILES string of the molecule is O=S(=O)(Cc1ccc(Cl)cc1)N1CCN(c2cc(N3CCCCC3)ncn2)CC1. The molecule has 156 valence electrons. The summed E-state index contributed by atoms with van der Waals surface area (Å²) in [5.74, 6) is 1.83. The second-order valence-electron chi connectivity index (χ2n) is 7.55. The number of hydrogen-bond acceptors (Lipinski definition) is 6. The van der Waals surface area contributed by atoms with Crippen molar-refractivity contribution in [3.63, 3.8) is 0 Å². The van der Waals surface area contributed by atoms with Crippen molar-refractivity contribution in [1.29, 1.82) is 0 Å². The highest BCUT2D eigenvalue weighted by atomic mass is 35.5. The summed E-state index contributed by atoms with van der Waals surface area (Å²) in [6, 6.07) is 9.00. The zero-order valence-electron chi connectivity index (χ0n) is 16.4. The number of nitrogens with zero attached hydrogens (tertiary/aromatic N) is 5. The van der Waals surface area contributed by atoms with Gasteiger partial charge in [0.05, 0.1) is 5.75 Å². The van der Waals surface area contributed by atoms with Crippen LogP contribution >= 0.6 is 11.6 Å². The van der Waals surface area contributed by atoms with Crippen molar-refractivity contribution in [2.24, 2.45) is 0 Å². The molecule has 0 aliphatic carbocycles. The first-order valence-electron chi connectivity index (χ1n) is 10.1. The van der Waals surface area contributed by atoms with Gasteiger partial charge >= 0.3 is 0 Å². The summed E-state index contributed by atoms with van der Waals surface area (Å²) < 4.78 is 27.1. The molecule has 2 saturated heterocycles. The molecule has 7 nitrogen and oxygen atoms in total. The van der Waals surface area contributed by atoms with E-state index in [-0.39, 0.29) is 5.75 Å². The van der Waals surface area contributed by atoms with Crippen molar-refractivity contribution in [2.45, 2.75) is 25.0 Å². The Labute approximate surface area is 177 Å². The Balaban J connectivity index is 1.38. The van der Waals surface area contributed by atoms with Gasteiger partial charge in [0.1, 0.15) is 18.0 Å². The van der Waals surface area contributed by atoms with Gasteiger partial charge in [0.2, 0.25) is 10.0 Å². The van der Waals surface area contributed by atoms with Gasteiger partial charge in [0, 0.05) is 50.4 Å². The second-order valence-corrected chi connectivity index (χ2v) is 9.96. The highest BCUT2D eigenvalue weighted by molar-refractivity contribution is 7.88. The van der Waals surface area contributed by atoms with Crippen LogP contribution in [0.4, 0.5) is 11.6 Å². The Kier molecular flexibility index (Phi) is 6.22. The van der Waals surface area contributed by atoms with Crippen molar-refractivity contribution in [2.75, 3.05) is 49.1 Å². The van der Waals surface area contributed by atoms with Gasteiger partial charge in [0.15, 0.2) is 0 Å². The van der Waals surface area contributed by atoms with E-state index in [1.165, 1.54) is 19.3 Å². The maximum atomic E-state index is 12.8. The Morgan fingerprint density at radius 3 is 2.03 bits per heavy atom. The third-order valence-corrected chi connectivity index (χ3v) is 7.64. The number of sulfonamides is 1. The first-order chi connectivity index (χ1) is 14.0. The highest BCUT2D eigenvalue weighted by Crippen LogP contribution is 2.23. The highest BCUT2D eigenvalue weighted by Gasteiger charge is 2.28. The molecule has 2 aliphatic heterocycles. The van der Waals surface area contributed by atoms with E-state index in [1.807, 2.05) is 6.07 Å². The molecule has 2 fully saturated rings. The molecule has 2 aromatic rings. The predicted octanol–water partition coefficient (Wildman–Crippen LogP) is 2.77. The van der Waals surface area contributed by atoms with Crippen molar-refractivity contribution in [1.82, 2.24) is 14.3 Å². The van der Waals surface area contributed by atoms with Gasteiger partial charge in [-0.2, -0.15) is 4.31 Å². The monoisotopic (exact) mass is 435 g/mol. The van der Waals surface area contributed by atoms with Gasteiger partial charge in [-0.15, -0.1) is 0 Å². The summed E-state index contributed by atoms with van der Waals surface area (Å²) in [4.78, 5) is 13.3. The Bertz CT molecular complexity index is 924. The normalized spacial score (nSPS) is 18.8. The van der Waals surface area contributed by atoms with Crippen molar-refractivity contribution in [3.8, 4) is 0 Å². The minimum Gasteiger partial charge on any atom is -0.356 e. The fourth-order valence-electron chi connectivity index (χ4n) is 3.88. The van der Waals surface area contributed by atoms with E-state index in [0.717, 1.165) is 30.3 Å². The van der Waals surface area contributed by atoms with Gasteiger partial charge in [0.25, 0.3) is 0 Å². The minimum absolute atomic E-state index is 0.00319. The van der Waals surface area contributed by atoms with Crippen LogP contribution in [0.5, 0.6) is 0 Å². The van der Waals surface area contributed by atoms with E-state index < -0.39 is 10.0 Å². The lowest BCUT2D eigenvalue weighted by Crippen LogP contribution is -2.49. The fraction of sp³-hybridized carbons (Fsp3) is 0.500. The molecule has 0 radical (unpaired) electrons. The summed E-state index contributed by atoms with van der Waals surface area (Å²) >= 11 is 5.89. The fourth-order valence-corrected chi connectivity index (χ4v) is 5.53. The van der Waals surface area contributed by atoms with Crippen LogP contribution in [-0.2, 0) is 15.8 Å². The van der Waals surface area contributed by atoms with Gasteiger partial charge in [-0.05, 0) is 37.0 Å². The number of anilines is 2. The average molecular weight is 436 g/mol. The third-order valence-electron chi connectivity index (χ3n) is 5.54. The molecule has 1 aromatic heterocycles. The quantitative estimate of drug-likeness (QED) is 0.719. The molecule has 3 heterocycles. The standard InChI is InChI=1S/C20H26ClN5O2S/c21-18-6-4-17(5-7-18)15-29(27,28)26-12-10-25(11-13-26)20-14-19(22-16-23-20)24-8-2-1-3-9-24/h4-7,14,16H,1-3,8-13,15H2. The smallest absolute Gasteiger partial charge is 0.218 e. The molecule has 0 amide bonds. The number of aromatic nitrogens is 2. The van der Waals surface area contributed by atoms with Crippen LogP contribution < -0.4 is 9.80 Å². The molecular weight excluding hydrogens is 410 g/mol. The van der Waals surface area contributed by atoms with Crippen molar-refractivity contribution >= 4 is 33.3 Å². The molecule has 0 spiro atoms. The Hall–Kier alpha value is -1.90. The van der Waals surface area contributed by atoms with Crippen LogP contribution in [0.3, 0.4) is 0 Å². The van der Waals surface area contributed by atoms with E-state index >= 15 is 0 Å². The van der Waals surface area contributed by atoms with Gasteiger partial charge in [-0.25, -0.2) is 18.4 Å². The van der Waals surface area contributed by atoms with E-state index in [0.29, 0.717) is 31.2 Å². The summed E-state index contributed by atoms with van der Waals surface area (Å²) in [7, 11) is -3.36. The van der Waals surface area contributed by atoms with Gasteiger partial charge in [-0.1, -0.05) is 23.7 Å². The Morgan fingerprint density at radius 2 is 1.41 bits per heavy atom. The first kappa shape index (κ1) is 20.4. The van der Waals surface area contributed by atoms with E-state index in [1.54, 1.807) is 34.9 Å². The molecule has 29 heavy (non-hydrogen) atoms. The molecule has 0 bridgehead atoms. The lowest BCUT2D eigenvalue weighted by molar-refractivity contribution is 0.383. The summed E-state index contributed by atoms with van der Waals surface area (Å²) in [5.41, 5.74) is 0.749. The molecule has 0 unspecified atom stereocenters. The topological polar surface area (TPSA) is 69.6 Å². The Morgan fingerprint density at radius 1 is 0.828 bits per heavy atom. The number of piperazine rings is 1. The molecule has 9 heteroatoms. The zero-order chi connectivity index (χ0) is 20.3. The zero-order valence-corrected chi connectivity index (χ0v) is 17.9. The third kappa shape index (κ3) is 4.99. The van der Waals surface area contributed by atoms with Gasteiger partial charge in [-0.3, -0.25) is 0 Å². The van der Waals surface area contributed by atoms with Crippen LogP contribution in [0.25, 0.3) is 0 Å². The van der Waals surface area contributed by atoms with Gasteiger partial charge < -0.3 is 9.80 Å². The van der Waals surface area contributed by atoms with E-state index in [4.69, 9.17) is 11.6 Å². The summed E-state index contributed by atoms with van der Waals surface area (Å²) in [6.45, 7) is 4.23. The number of rotatable bonds is 5. The number of piperidine rings is 1.